The van der Waals surface area contributed by atoms with Gasteiger partial charge < -0.3 is 5.32 Å². The second-order valence-corrected chi connectivity index (χ2v) is 5.54. The molecule has 1 nitrogen and oxygen atoms in total. The van der Waals surface area contributed by atoms with E-state index in [1.807, 2.05) is 30.3 Å². The summed E-state index contributed by atoms with van der Waals surface area (Å²) in [6, 6.07) is 14.4. The van der Waals surface area contributed by atoms with Gasteiger partial charge in [-0.05, 0) is 60.4 Å². The van der Waals surface area contributed by atoms with Gasteiger partial charge in [0.25, 0.3) is 0 Å². The fourth-order valence-electron chi connectivity index (χ4n) is 2.47. The maximum atomic E-state index is 6.01. The number of rotatable bonds is 2. The van der Waals surface area contributed by atoms with Crippen LogP contribution in [0, 0.1) is 0 Å². The molecule has 18 heavy (non-hydrogen) atoms. The van der Waals surface area contributed by atoms with Crippen LogP contribution < -0.4 is 5.32 Å². The van der Waals surface area contributed by atoms with Crippen LogP contribution in [0.4, 0.5) is 5.69 Å². The standard InChI is InChI=1S/C15H13Cl2N/c16-12-3-5-14(6-4-12)18-15-8-10-1-2-13(17)7-11(10)9-15/h1-7,15,18H,8-9H2. The van der Waals surface area contributed by atoms with Crippen LogP contribution in [0.25, 0.3) is 0 Å². The van der Waals surface area contributed by atoms with E-state index in [1.54, 1.807) is 0 Å². The van der Waals surface area contributed by atoms with Crippen LogP contribution in [0.15, 0.2) is 42.5 Å². The van der Waals surface area contributed by atoms with Crippen molar-refractivity contribution in [2.24, 2.45) is 0 Å². The highest BCUT2D eigenvalue weighted by molar-refractivity contribution is 6.30. The first-order valence-electron chi connectivity index (χ1n) is 6.00. The largest absolute Gasteiger partial charge is 0.382 e. The predicted octanol–water partition coefficient (Wildman–Crippen LogP) is 4.57. The lowest BCUT2D eigenvalue weighted by Gasteiger charge is -2.13. The normalized spacial score (nSPS) is 17.6. The summed E-state index contributed by atoms with van der Waals surface area (Å²) in [6.45, 7) is 0. The third-order valence-electron chi connectivity index (χ3n) is 3.32. The lowest BCUT2D eigenvalue weighted by molar-refractivity contribution is 0.774. The molecule has 0 saturated carbocycles. The van der Waals surface area contributed by atoms with Crippen molar-refractivity contribution in [1.29, 1.82) is 0 Å². The zero-order valence-corrected chi connectivity index (χ0v) is 11.3. The lowest BCUT2D eigenvalue weighted by Crippen LogP contribution is -2.19. The van der Waals surface area contributed by atoms with Crippen LogP contribution in [-0.4, -0.2) is 6.04 Å². The molecular formula is C15H13Cl2N. The topological polar surface area (TPSA) is 12.0 Å². The number of halogens is 2. The Kier molecular flexibility index (Phi) is 3.19. The fraction of sp³-hybridized carbons (Fsp3) is 0.200. The van der Waals surface area contributed by atoms with Crippen LogP contribution in [0.3, 0.4) is 0 Å². The van der Waals surface area contributed by atoms with Gasteiger partial charge in [-0.3, -0.25) is 0 Å². The Bertz CT molecular complexity index is 563. The number of hydrogen-bond donors (Lipinski definition) is 1. The molecular weight excluding hydrogens is 265 g/mol. The molecule has 3 rings (SSSR count). The molecule has 0 radical (unpaired) electrons. The minimum Gasteiger partial charge on any atom is -0.382 e. The van der Waals surface area contributed by atoms with Crippen molar-refractivity contribution in [1.82, 2.24) is 0 Å². The van der Waals surface area contributed by atoms with E-state index in [1.165, 1.54) is 11.1 Å². The predicted molar refractivity (Wildman–Crippen MR) is 77.7 cm³/mol. The molecule has 0 spiro atoms. The Balaban J connectivity index is 1.72. The minimum atomic E-state index is 0.444. The van der Waals surface area contributed by atoms with Gasteiger partial charge in [-0.2, -0.15) is 0 Å². The summed E-state index contributed by atoms with van der Waals surface area (Å²) < 4.78 is 0. The van der Waals surface area contributed by atoms with E-state index in [4.69, 9.17) is 23.2 Å². The summed E-state index contributed by atoms with van der Waals surface area (Å²) in [6.07, 6.45) is 2.08. The highest BCUT2D eigenvalue weighted by atomic mass is 35.5. The zero-order valence-electron chi connectivity index (χ0n) is 9.79. The second kappa shape index (κ2) is 4.83. The second-order valence-electron chi connectivity index (χ2n) is 4.67. The van der Waals surface area contributed by atoms with Crippen LogP contribution >= 0.6 is 23.2 Å². The van der Waals surface area contributed by atoms with Crippen molar-refractivity contribution in [3.8, 4) is 0 Å². The molecule has 0 bridgehead atoms. The summed E-state index contributed by atoms with van der Waals surface area (Å²) in [4.78, 5) is 0. The summed E-state index contributed by atoms with van der Waals surface area (Å²) >= 11 is 11.9. The van der Waals surface area contributed by atoms with E-state index < -0.39 is 0 Å². The van der Waals surface area contributed by atoms with Crippen LogP contribution in [-0.2, 0) is 12.8 Å². The number of fused-ring (bicyclic) bond motifs is 1. The molecule has 1 aliphatic rings. The monoisotopic (exact) mass is 277 g/mol. The van der Waals surface area contributed by atoms with Crippen molar-refractivity contribution in [3.63, 3.8) is 0 Å². The van der Waals surface area contributed by atoms with Gasteiger partial charge in [0.2, 0.25) is 0 Å². The molecule has 2 aromatic carbocycles. The maximum absolute atomic E-state index is 6.01. The summed E-state index contributed by atoms with van der Waals surface area (Å²) in [7, 11) is 0. The Morgan fingerprint density at radius 2 is 1.50 bits per heavy atom. The number of hydrogen-bond acceptors (Lipinski definition) is 1. The van der Waals surface area contributed by atoms with Gasteiger partial charge in [-0.1, -0.05) is 29.3 Å². The van der Waals surface area contributed by atoms with E-state index in [0.29, 0.717) is 6.04 Å². The third-order valence-corrected chi connectivity index (χ3v) is 3.80. The average Bonchev–Trinajstić information content (AvgIpc) is 2.73. The van der Waals surface area contributed by atoms with Gasteiger partial charge in [0.15, 0.2) is 0 Å². The molecule has 2 aromatic rings. The minimum absolute atomic E-state index is 0.444. The molecule has 0 aliphatic heterocycles. The smallest absolute Gasteiger partial charge is 0.0408 e. The van der Waals surface area contributed by atoms with E-state index in [9.17, 15) is 0 Å². The first kappa shape index (κ1) is 11.9. The zero-order chi connectivity index (χ0) is 12.5. The number of anilines is 1. The molecule has 1 aliphatic carbocycles. The van der Waals surface area contributed by atoms with Gasteiger partial charge in [-0.15, -0.1) is 0 Å². The Hall–Kier alpha value is -1.18. The summed E-state index contributed by atoms with van der Waals surface area (Å²) in [5.74, 6) is 0. The molecule has 1 N–H and O–H groups in total. The third kappa shape index (κ3) is 2.47. The SMILES string of the molecule is Clc1ccc(NC2Cc3ccc(Cl)cc3C2)cc1. The molecule has 0 heterocycles. The fourth-order valence-corrected chi connectivity index (χ4v) is 2.79. The van der Waals surface area contributed by atoms with Gasteiger partial charge in [0.1, 0.15) is 0 Å². The van der Waals surface area contributed by atoms with Crippen molar-refractivity contribution in [3.05, 3.63) is 63.6 Å². The van der Waals surface area contributed by atoms with E-state index in [0.717, 1.165) is 28.6 Å². The molecule has 0 fully saturated rings. The molecule has 0 aromatic heterocycles. The number of nitrogens with one attached hydrogen (secondary N) is 1. The van der Waals surface area contributed by atoms with Crippen LogP contribution in [0.2, 0.25) is 10.0 Å². The van der Waals surface area contributed by atoms with Gasteiger partial charge in [-0.25, -0.2) is 0 Å². The summed E-state index contributed by atoms with van der Waals surface area (Å²) in [5.41, 5.74) is 3.86. The molecule has 92 valence electrons. The van der Waals surface area contributed by atoms with Gasteiger partial charge in [0.05, 0.1) is 0 Å². The van der Waals surface area contributed by atoms with Crippen molar-refractivity contribution in [2.75, 3.05) is 5.32 Å². The van der Waals surface area contributed by atoms with Gasteiger partial charge >= 0.3 is 0 Å². The lowest BCUT2D eigenvalue weighted by atomic mass is 10.1. The van der Waals surface area contributed by atoms with E-state index in [-0.39, 0.29) is 0 Å². The summed E-state index contributed by atoms with van der Waals surface area (Å²) in [5, 5.41) is 5.12. The van der Waals surface area contributed by atoms with Crippen molar-refractivity contribution in [2.45, 2.75) is 18.9 Å². The Morgan fingerprint density at radius 1 is 0.833 bits per heavy atom. The first-order chi connectivity index (χ1) is 8.70. The van der Waals surface area contributed by atoms with Crippen molar-refractivity contribution >= 4 is 28.9 Å². The average molecular weight is 278 g/mol. The van der Waals surface area contributed by atoms with Gasteiger partial charge in [0, 0.05) is 21.8 Å². The molecule has 0 amide bonds. The Morgan fingerprint density at radius 3 is 2.28 bits per heavy atom. The molecule has 1 atom stereocenters. The van der Waals surface area contributed by atoms with E-state index >= 15 is 0 Å². The maximum Gasteiger partial charge on any atom is 0.0408 e. The highest BCUT2D eigenvalue weighted by Crippen LogP contribution is 2.27. The highest BCUT2D eigenvalue weighted by Gasteiger charge is 2.21. The van der Waals surface area contributed by atoms with E-state index in [2.05, 4.69) is 17.4 Å². The quantitative estimate of drug-likeness (QED) is 0.848. The van der Waals surface area contributed by atoms with Crippen molar-refractivity contribution < 1.29 is 0 Å². The van der Waals surface area contributed by atoms with Crippen LogP contribution in [0.1, 0.15) is 11.1 Å². The van der Waals surface area contributed by atoms with Crippen LogP contribution in [0.5, 0.6) is 0 Å². The first-order valence-corrected chi connectivity index (χ1v) is 6.76. The number of benzene rings is 2. The molecule has 1 unspecified atom stereocenters. The molecule has 0 saturated heterocycles. The Labute approximate surface area is 117 Å². The molecule has 3 heteroatoms.